The van der Waals surface area contributed by atoms with Crippen molar-refractivity contribution in [2.75, 3.05) is 11.4 Å². The van der Waals surface area contributed by atoms with Crippen LogP contribution >= 0.6 is 11.6 Å². The van der Waals surface area contributed by atoms with E-state index in [1.54, 1.807) is 29.4 Å². The van der Waals surface area contributed by atoms with Gasteiger partial charge in [0.25, 0.3) is 5.91 Å². The number of rotatable bonds is 4. The minimum Gasteiger partial charge on any atom is -0.291 e. The zero-order valence-corrected chi connectivity index (χ0v) is 18.8. The van der Waals surface area contributed by atoms with Crippen molar-refractivity contribution in [3.8, 4) is 11.8 Å². The number of hydrogen-bond acceptors (Lipinski definition) is 4. The second kappa shape index (κ2) is 8.53. The van der Waals surface area contributed by atoms with E-state index in [9.17, 15) is 10.1 Å². The first-order valence-corrected chi connectivity index (χ1v) is 11.0. The third-order valence-electron chi connectivity index (χ3n) is 6.04. The number of fused-ring (bicyclic) bond motifs is 1. The fourth-order valence-electron chi connectivity index (χ4n) is 4.25. The molecular formula is C26H20ClN5O. The van der Waals surface area contributed by atoms with Gasteiger partial charge in [0.05, 0.1) is 11.3 Å². The van der Waals surface area contributed by atoms with Crippen molar-refractivity contribution < 1.29 is 4.79 Å². The van der Waals surface area contributed by atoms with Gasteiger partial charge in [0.1, 0.15) is 6.07 Å². The van der Waals surface area contributed by atoms with E-state index in [-0.39, 0.29) is 5.91 Å². The van der Waals surface area contributed by atoms with Crippen LogP contribution in [0.2, 0.25) is 5.02 Å². The number of halogens is 1. The van der Waals surface area contributed by atoms with Crippen molar-refractivity contribution in [3.05, 3.63) is 106 Å². The predicted octanol–water partition coefficient (Wildman–Crippen LogP) is 4.89. The molecule has 1 aliphatic rings. The first-order chi connectivity index (χ1) is 16.1. The van der Waals surface area contributed by atoms with E-state index in [0.29, 0.717) is 41.4 Å². The van der Waals surface area contributed by atoms with Crippen LogP contribution in [0.5, 0.6) is 0 Å². The Morgan fingerprint density at radius 2 is 1.97 bits per heavy atom. The van der Waals surface area contributed by atoms with Gasteiger partial charge in [0, 0.05) is 35.7 Å². The molecule has 0 atom stereocenters. The van der Waals surface area contributed by atoms with Gasteiger partial charge in [-0.15, -0.1) is 0 Å². The normalized spacial score (nSPS) is 13.0. The quantitative estimate of drug-likeness (QED) is 0.440. The summed E-state index contributed by atoms with van der Waals surface area (Å²) in [6.07, 6.45) is 6.51. The predicted molar refractivity (Wildman–Crippen MR) is 127 cm³/mol. The number of aromatic nitrogens is 3. The van der Waals surface area contributed by atoms with Crippen LogP contribution in [0.4, 0.5) is 5.82 Å². The molecule has 0 unspecified atom stereocenters. The summed E-state index contributed by atoms with van der Waals surface area (Å²) in [4.78, 5) is 19.3. The Bertz CT molecular complexity index is 1390. The minimum atomic E-state index is -0.177. The van der Waals surface area contributed by atoms with Crippen molar-refractivity contribution in [1.29, 1.82) is 5.26 Å². The second-order valence-corrected chi connectivity index (χ2v) is 8.37. The third-order valence-corrected chi connectivity index (χ3v) is 6.55. The molecule has 0 saturated carbocycles. The number of nitriles is 1. The van der Waals surface area contributed by atoms with Gasteiger partial charge in [-0.2, -0.15) is 10.4 Å². The van der Waals surface area contributed by atoms with E-state index in [4.69, 9.17) is 11.6 Å². The highest BCUT2D eigenvalue weighted by molar-refractivity contribution is 6.33. The Morgan fingerprint density at radius 1 is 1.15 bits per heavy atom. The van der Waals surface area contributed by atoms with Crippen LogP contribution in [0.1, 0.15) is 38.2 Å². The van der Waals surface area contributed by atoms with E-state index in [0.717, 1.165) is 27.9 Å². The van der Waals surface area contributed by atoms with Crippen LogP contribution in [-0.2, 0) is 12.8 Å². The van der Waals surface area contributed by atoms with Crippen LogP contribution in [0.15, 0.2) is 67.1 Å². The van der Waals surface area contributed by atoms with E-state index in [1.807, 2.05) is 42.1 Å². The lowest BCUT2D eigenvalue weighted by Gasteiger charge is -2.30. The van der Waals surface area contributed by atoms with Crippen LogP contribution in [0.25, 0.3) is 5.69 Å². The van der Waals surface area contributed by atoms with Gasteiger partial charge < -0.3 is 0 Å². The number of anilines is 1. The summed E-state index contributed by atoms with van der Waals surface area (Å²) in [5.41, 5.74) is 5.91. The average molecular weight is 454 g/mol. The molecule has 0 fully saturated rings. The molecule has 162 valence electrons. The molecule has 4 aromatic rings. The van der Waals surface area contributed by atoms with Gasteiger partial charge in [-0.3, -0.25) is 9.69 Å². The molecule has 0 radical (unpaired) electrons. The van der Waals surface area contributed by atoms with Crippen molar-refractivity contribution in [2.45, 2.75) is 19.8 Å². The van der Waals surface area contributed by atoms with Gasteiger partial charge >= 0.3 is 0 Å². The standard InChI is InChI=1S/C26H20ClN5O/c1-17-20(14-18-5-7-21(8-6-18)32-12-3-11-30-32)15-23-22(24(17)27)9-13-31(26(23)33)25-19(16-28)4-2-10-29-25/h2-8,10-12,15H,9,13-14H2,1H3. The summed E-state index contributed by atoms with van der Waals surface area (Å²) < 4.78 is 1.81. The van der Waals surface area contributed by atoms with E-state index < -0.39 is 0 Å². The summed E-state index contributed by atoms with van der Waals surface area (Å²) in [6.45, 7) is 2.43. The Kier molecular flexibility index (Phi) is 5.41. The fraction of sp³-hybridized carbons (Fsp3) is 0.154. The van der Waals surface area contributed by atoms with Crippen LogP contribution in [0, 0.1) is 18.3 Å². The molecule has 0 N–H and O–H groups in total. The first kappa shape index (κ1) is 20.9. The fourth-order valence-corrected chi connectivity index (χ4v) is 4.57. The van der Waals surface area contributed by atoms with E-state index in [1.165, 1.54) is 0 Å². The number of hydrogen-bond donors (Lipinski definition) is 0. The molecular weight excluding hydrogens is 434 g/mol. The highest BCUT2D eigenvalue weighted by atomic mass is 35.5. The zero-order chi connectivity index (χ0) is 22.9. The Balaban J connectivity index is 1.48. The maximum absolute atomic E-state index is 13.4. The smallest absolute Gasteiger partial charge is 0.259 e. The minimum absolute atomic E-state index is 0.177. The number of benzene rings is 2. The topological polar surface area (TPSA) is 74.8 Å². The van der Waals surface area contributed by atoms with Crippen molar-refractivity contribution in [2.24, 2.45) is 0 Å². The maximum Gasteiger partial charge on any atom is 0.259 e. The molecule has 2 aromatic carbocycles. The van der Waals surface area contributed by atoms with Gasteiger partial charge in [-0.05, 0) is 78.4 Å². The highest BCUT2D eigenvalue weighted by Gasteiger charge is 2.30. The summed E-state index contributed by atoms with van der Waals surface area (Å²) in [7, 11) is 0. The van der Waals surface area contributed by atoms with E-state index in [2.05, 4.69) is 28.3 Å². The molecule has 1 aliphatic heterocycles. The molecule has 0 aliphatic carbocycles. The van der Waals surface area contributed by atoms with Crippen molar-refractivity contribution >= 4 is 23.3 Å². The number of carbonyl (C=O) groups excluding carboxylic acids is 1. The SMILES string of the molecule is Cc1c(Cc2ccc(-n3cccn3)cc2)cc2c(c1Cl)CCN(c1ncccc1C#N)C2=O. The maximum atomic E-state index is 13.4. The molecule has 1 amide bonds. The molecule has 0 spiro atoms. The summed E-state index contributed by atoms with van der Waals surface area (Å²) >= 11 is 6.74. The number of carbonyl (C=O) groups is 1. The molecule has 3 heterocycles. The average Bonchev–Trinajstić information content (AvgIpc) is 3.38. The molecule has 6 nitrogen and oxygen atoms in total. The van der Waals surface area contributed by atoms with Crippen LogP contribution < -0.4 is 4.90 Å². The molecule has 33 heavy (non-hydrogen) atoms. The van der Waals surface area contributed by atoms with Gasteiger partial charge in [-0.1, -0.05) is 23.7 Å². The number of nitrogens with zero attached hydrogens (tertiary/aromatic N) is 5. The van der Waals surface area contributed by atoms with E-state index >= 15 is 0 Å². The molecule has 7 heteroatoms. The molecule has 5 rings (SSSR count). The first-order valence-electron chi connectivity index (χ1n) is 10.6. The van der Waals surface area contributed by atoms with Gasteiger partial charge in [0.2, 0.25) is 0 Å². The number of amides is 1. The lowest BCUT2D eigenvalue weighted by Crippen LogP contribution is -2.39. The Morgan fingerprint density at radius 3 is 2.70 bits per heavy atom. The monoisotopic (exact) mass is 453 g/mol. The largest absolute Gasteiger partial charge is 0.291 e. The number of pyridine rings is 1. The Hall–Kier alpha value is -3.95. The lowest BCUT2D eigenvalue weighted by atomic mass is 9.90. The second-order valence-electron chi connectivity index (χ2n) is 7.99. The highest BCUT2D eigenvalue weighted by Crippen LogP contribution is 2.34. The van der Waals surface area contributed by atoms with Gasteiger partial charge in [-0.25, -0.2) is 9.67 Å². The zero-order valence-electron chi connectivity index (χ0n) is 18.0. The van der Waals surface area contributed by atoms with Crippen LogP contribution in [0.3, 0.4) is 0 Å². The lowest BCUT2D eigenvalue weighted by molar-refractivity contribution is 0.0979. The van der Waals surface area contributed by atoms with Crippen molar-refractivity contribution in [1.82, 2.24) is 14.8 Å². The Labute approximate surface area is 196 Å². The molecule has 0 saturated heterocycles. The van der Waals surface area contributed by atoms with Gasteiger partial charge in [0.15, 0.2) is 5.82 Å². The van der Waals surface area contributed by atoms with Crippen LogP contribution in [-0.4, -0.2) is 27.2 Å². The summed E-state index contributed by atoms with van der Waals surface area (Å²) in [5.74, 6) is 0.215. The third kappa shape index (κ3) is 3.77. The molecule has 2 aromatic heterocycles. The summed E-state index contributed by atoms with van der Waals surface area (Å²) in [5, 5.41) is 14.3. The summed E-state index contributed by atoms with van der Waals surface area (Å²) in [6, 6.07) is 17.5. The van der Waals surface area contributed by atoms with Crippen molar-refractivity contribution in [3.63, 3.8) is 0 Å². The molecule has 0 bridgehead atoms.